The van der Waals surface area contributed by atoms with Gasteiger partial charge in [-0.3, -0.25) is 34.1 Å². The molecule has 0 bridgehead atoms. The summed E-state index contributed by atoms with van der Waals surface area (Å²) in [7, 11) is -2.84. The summed E-state index contributed by atoms with van der Waals surface area (Å²) < 4.78 is 65.1. The average Bonchev–Trinajstić information content (AvgIpc) is 3.72. The molecule has 1 unspecified atom stereocenters. The lowest BCUT2D eigenvalue weighted by atomic mass is 9.89. The second-order valence-corrected chi connectivity index (χ2v) is 18.3. The first-order valence-corrected chi connectivity index (χ1v) is 22.9. The third-order valence-electron chi connectivity index (χ3n) is 12.4. The zero-order valence-electron chi connectivity index (χ0n) is 35.5. The molecule has 64 heavy (non-hydrogen) atoms. The Hall–Kier alpha value is -6.24. The van der Waals surface area contributed by atoms with E-state index >= 15 is 8.78 Å². The summed E-state index contributed by atoms with van der Waals surface area (Å²) in [5, 5.41) is 5.93. The minimum absolute atomic E-state index is 0.0375. The molecule has 3 fully saturated rings. The van der Waals surface area contributed by atoms with Gasteiger partial charge in [0.1, 0.15) is 29.4 Å². The number of likely N-dealkylation sites (tertiary alicyclic amines) is 2. The fourth-order valence-electron chi connectivity index (χ4n) is 8.45. The summed E-state index contributed by atoms with van der Waals surface area (Å²) in [6.07, 6.45) is 6.96. The van der Waals surface area contributed by atoms with Crippen LogP contribution in [0.2, 0.25) is 0 Å². The molecule has 0 aliphatic carbocycles. The highest BCUT2D eigenvalue weighted by Gasteiger charge is 2.30. The number of ketones is 1. The number of aromatic amines is 1. The van der Waals surface area contributed by atoms with Crippen molar-refractivity contribution >= 4 is 56.1 Å². The van der Waals surface area contributed by atoms with Crippen LogP contribution in [-0.4, -0.2) is 114 Å². The fraction of sp³-hybridized carbons (Fsp3) is 0.370. The summed E-state index contributed by atoms with van der Waals surface area (Å²) in [5.41, 5.74) is 2.31. The van der Waals surface area contributed by atoms with Gasteiger partial charge in [-0.25, -0.2) is 13.8 Å². The molecule has 0 saturated carbocycles. The maximum absolute atomic E-state index is 15.6. The molecule has 5 heterocycles. The van der Waals surface area contributed by atoms with Gasteiger partial charge in [0.05, 0.1) is 17.8 Å². The number of piperidine rings is 3. The van der Waals surface area contributed by atoms with Crippen molar-refractivity contribution in [2.45, 2.75) is 63.5 Å². The van der Waals surface area contributed by atoms with E-state index in [9.17, 15) is 27.6 Å². The number of nitrogens with one attached hydrogen (secondary N) is 4. The SMILES string of the molecule is CCN(C)S(=O)(=O)Nc1ccc(F)c(C(=O)c2c[nH]c3ncc(-c4ccc(OC5CCN(C(=O)CN6CCC(c7ccc(NC8CCC(=O)NC8=O)cc7)CC6)CC5)cc4)cc23)c1F. The van der Waals surface area contributed by atoms with Crippen LogP contribution in [0.15, 0.2) is 79.1 Å². The number of carbonyl (C=O) groups excluding carboxylic acids is 4. The number of pyridine rings is 1. The van der Waals surface area contributed by atoms with Crippen molar-refractivity contribution in [1.29, 1.82) is 0 Å². The molecule has 15 nitrogen and oxygen atoms in total. The number of amides is 3. The number of rotatable bonds is 14. The number of anilines is 2. The molecule has 3 aliphatic rings. The maximum atomic E-state index is 15.6. The molecule has 336 valence electrons. The molecule has 1 atom stereocenters. The number of hydrogen-bond acceptors (Lipinski definition) is 10. The Morgan fingerprint density at radius 1 is 0.922 bits per heavy atom. The number of carbonyl (C=O) groups is 4. The number of nitrogens with zero attached hydrogens (tertiary/aromatic N) is 4. The molecule has 4 N–H and O–H groups in total. The number of fused-ring (bicyclic) bond motifs is 1. The molecule has 3 amide bonds. The van der Waals surface area contributed by atoms with E-state index in [1.54, 1.807) is 19.2 Å². The van der Waals surface area contributed by atoms with E-state index in [0.717, 1.165) is 53.6 Å². The third-order valence-corrected chi connectivity index (χ3v) is 13.9. The lowest BCUT2D eigenvalue weighted by Gasteiger charge is -2.36. The Morgan fingerprint density at radius 2 is 1.64 bits per heavy atom. The highest BCUT2D eigenvalue weighted by molar-refractivity contribution is 7.90. The number of imide groups is 1. The van der Waals surface area contributed by atoms with E-state index in [2.05, 4.69) is 42.4 Å². The van der Waals surface area contributed by atoms with Crippen LogP contribution < -0.4 is 20.1 Å². The van der Waals surface area contributed by atoms with Crippen LogP contribution in [0.1, 0.15) is 72.9 Å². The smallest absolute Gasteiger partial charge is 0.301 e. The molecule has 3 aromatic carbocycles. The largest absolute Gasteiger partial charge is 0.490 e. The van der Waals surface area contributed by atoms with Gasteiger partial charge < -0.3 is 19.9 Å². The van der Waals surface area contributed by atoms with Gasteiger partial charge >= 0.3 is 10.2 Å². The third kappa shape index (κ3) is 9.78. The molecule has 0 radical (unpaired) electrons. The number of benzene rings is 3. The molecule has 3 aliphatic heterocycles. The molecular formula is C46H50F2N8O7S. The van der Waals surface area contributed by atoms with E-state index in [1.807, 2.05) is 41.3 Å². The predicted octanol–water partition coefficient (Wildman–Crippen LogP) is 5.81. The summed E-state index contributed by atoms with van der Waals surface area (Å²) in [4.78, 5) is 62.0. The quantitative estimate of drug-likeness (QED) is 0.0783. The maximum Gasteiger partial charge on any atom is 0.301 e. The number of hydrogen-bond donors (Lipinski definition) is 4. The zero-order chi connectivity index (χ0) is 45.1. The Labute approximate surface area is 369 Å². The molecule has 3 saturated heterocycles. The van der Waals surface area contributed by atoms with Gasteiger partial charge in [-0.15, -0.1) is 0 Å². The zero-order valence-corrected chi connectivity index (χ0v) is 36.4. The van der Waals surface area contributed by atoms with E-state index in [1.165, 1.54) is 18.8 Å². The molecule has 5 aromatic rings. The van der Waals surface area contributed by atoms with Crippen molar-refractivity contribution < 1.29 is 41.1 Å². The number of ether oxygens (including phenoxy) is 1. The van der Waals surface area contributed by atoms with Gasteiger partial charge in [-0.2, -0.15) is 12.7 Å². The van der Waals surface area contributed by atoms with Crippen molar-refractivity contribution in [3.63, 3.8) is 0 Å². The summed E-state index contributed by atoms with van der Waals surface area (Å²) in [5.74, 6) is -2.81. The van der Waals surface area contributed by atoms with Gasteiger partial charge in [-0.05, 0) is 91.9 Å². The first-order chi connectivity index (χ1) is 30.8. The van der Waals surface area contributed by atoms with E-state index < -0.39 is 44.9 Å². The topological polar surface area (TPSA) is 186 Å². The van der Waals surface area contributed by atoms with E-state index in [4.69, 9.17) is 4.74 Å². The van der Waals surface area contributed by atoms with Gasteiger partial charge in [0.2, 0.25) is 23.5 Å². The number of H-pyrrole nitrogens is 1. The van der Waals surface area contributed by atoms with Crippen LogP contribution in [0.4, 0.5) is 20.2 Å². The minimum atomic E-state index is -4.14. The minimum Gasteiger partial charge on any atom is -0.490 e. The van der Waals surface area contributed by atoms with Gasteiger partial charge in [0, 0.05) is 80.5 Å². The number of halogens is 2. The van der Waals surface area contributed by atoms with Gasteiger partial charge in [0.15, 0.2) is 5.82 Å². The predicted molar refractivity (Wildman–Crippen MR) is 237 cm³/mol. The Bertz CT molecular complexity index is 2660. The van der Waals surface area contributed by atoms with Crippen molar-refractivity contribution in [2.24, 2.45) is 0 Å². The highest BCUT2D eigenvalue weighted by atomic mass is 32.2. The van der Waals surface area contributed by atoms with Crippen LogP contribution in [0.25, 0.3) is 22.2 Å². The van der Waals surface area contributed by atoms with Crippen LogP contribution in [0.3, 0.4) is 0 Å². The van der Waals surface area contributed by atoms with Crippen LogP contribution in [0.5, 0.6) is 5.75 Å². The molecule has 2 aromatic heterocycles. The first-order valence-electron chi connectivity index (χ1n) is 21.5. The first kappa shape index (κ1) is 44.4. The summed E-state index contributed by atoms with van der Waals surface area (Å²) >= 11 is 0. The highest BCUT2D eigenvalue weighted by Crippen LogP contribution is 2.32. The van der Waals surface area contributed by atoms with Crippen molar-refractivity contribution in [3.05, 3.63) is 107 Å². The normalized spacial score (nSPS) is 18.0. The average molecular weight is 897 g/mol. The molecular weight excluding hydrogens is 847 g/mol. The Balaban J connectivity index is 0.812. The lowest BCUT2D eigenvalue weighted by molar-refractivity contribution is -0.135. The monoisotopic (exact) mass is 896 g/mol. The lowest BCUT2D eigenvalue weighted by Crippen LogP contribution is -2.47. The van der Waals surface area contributed by atoms with Gasteiger partial charge in [-0.1, -0.05) is 31.2 Å². The number of aromatic nitrogens is 2. The van der Waals surface area contributed by atoms with E-state index in [-0.39, 0.29) is 35.9 Å². The fourth-order valence-corrected chi connectivity index (χ4v) is 9.38. The molecule has 0 spiro atoms. The van der Waals surface area contributed by atoms with Crippen LogP contribution in [-0.2, 0) is 24.6 Å². The summed E-state index contributed by atoms with van der Waals surface area (Å²) in [6, 6.07) is 18.6. The summed E-state index contributed by atoms with van der Waals surface area (Å²) in [6.45, 7) is 4.95. The van der Waals surface area contributed by atoms with Crippen molar-refractivity contribution in [1.82, 2.24) is 29.4 Å². The van der Waals surface area contributed by atoms with Crippen molar-refractivity contribution in [2.75, 3.05) is 56.4 Å². The molecule has 18 heteroatoms. The second kappa shape index (κ2) is 18.8. The standard InChI is InChI=1S/C46H50F2N8O7S/c1-3-54(2)64(61,62)53-38-13-12-37(47)42(43(38)48)44(59)36-26-50-45-35(36)24-31(25-49-45)29-6-10-33(11-7-29)63-34-18-22-56(23-19-34)41(58)27-55-20-16-30(17-21-55)28-4-8-32(9-5-28)51-39-14-15-40(57)52-46(39)60/h4-13,24-26,30,34,39,51,53H,3,14-23,27H2,1-2H3,(H,49,50)(H,52,57,60). The second-order valence-electron chi connectivity index (χ2n) is 16.5. The van der Waals surface area contributed by atoms with Crippen LogP contribution in [0, 0.1) is 11.6 Å². The van der Waals surface area contributed by atoms with Crippen LogP contribution >= 0.6 is 0 Å². The van der Waals surface area contributed by atoms with Crippen molar-refractivity contribution in [3.8, 4) is 16.9 Å². The molecule has 8 rings (SSSR count). The Morgan fingerprint density at radius 3 is 2.33 bits per heavy atom. The Kier molecular flexibility index (Phi) is 13.1. The van der Waals surface area contributed by atoms with E-state index in [0.29, 0.717) is 73.6 Å². The van der Waals surface area contributed by atoms with Gasteiger partial charge in [0.25, 0.3) is 0 Å².